The van der Waals surface area contributed by atoms with E-state index in [2.05, 4.69) is 12.2 Å². The maximum Gasteiger partial charge on any atom is 0.262 e. The summed E-state index contributed by atoms with van der Waals surface area (Å²) in [5, 5.41) is 2.79. The van der Waals surface area contributed by atoms with E-state index in [1.165, 1.54) is 12.8 Å². The van der Waals surface area contributed by atoms with E-state index >= 15 is 0 Å². The van der Waals surface area contributed by atoms with Crippen LogP contribution in [0, 0.1) is 0 Å². The number of amides is 1. The van der Waals surface area contributed by atoms with Gasteiger partial charge in [0.25, 0.3) is 5.91 Å². The molecule has 2 aromatic rings. The maximum absolute atomic E-state index is 11.9. The van der Waals surface area contributed by atoms with Crippen molar-refractivity contribution < 1.29 is 19.0 Å². The first-order chi connectivity index (χ1) is 12.2. The van der Waals surface area contributed by atoms with Gasteiger partial charge in [0, 0.05) is 5.69 Å². The van der Waals surface area contributed by atoms with Gasteiger partial charge in [-0.05, 0) is 55.0 Å². The summed E-state index contributed by atoms with van der Waals surface area (Å²) in [6.45, 7) is 2.83. The van der Waals surface area contributed by atoms with Crippen molar-refractivity contribution in [3.63, 3.8) is 0 Å². The van der Waals surface area contributed by atoms with Gasteiger partial charge in [-0.25, -0.2) is 0 Å². The highest BCUT2D eigenvalue weighted by molar-refractivity contribution is 5.91. The second-order valence-electron chi connectivity index (χ2n) is 5.59. The normalized spacial score (nSPS) is 10.2. The SMILES string of the molecule is CCCCCOc1ccc(NC(=O)COc2ccc(OC)cc2)cc1. The van der Waals surface area contributed by atoms with Crippen LogP contribution in [0.3, 0.4) is 0 Å². The van der Waals surface area contributed by atoms with Gasteiger partial charge in [0.05, 0.1) is 13.7 Å². The molecule has 134 valence electrons. The molecule has 0 heterocycles. The molecule has 0 atom stereocenters. The van der Waals surface area contributed by atoms with E-state index in [0.29, 0.717) is 11.4 Å². The van der Waals surface area contributed by atoms with Crippen molar-refractivity contribution in [3.8, 4) is 17.2 Å². The molecule has 5 nitrogen and oxygen atoms in total. The smallest absolute Gasteiger partial charge is 0.262 e. The van der Waals surface area contributed by atoms with Gasteiger partial charge in [0.1, 0.15) is 17.2 Å². The lowest BCUT2D eigenvalue weighted by Crippen LogP contribution is -2.20. The summed E-state index contributed by atoms with van der Waals surface area (Å²) >= 11 is 0. The number of hydrogen-bond donors (Lipinski definition) is 1. The van der Waals surface area contributed by atoms with E-state index in [-0.39, 0.29) is 12.5 Å². The fourth-order valence-corrected chi connectivity index (χ4v) is 2.19. The predicted octanol–water partition coefficient (Wildman–Crippen LogP) is 4.28. The monoisotopic (exact) mass is 343 g/mol. The number of methoxy groups -OCH3 is 1. The Bertz CT molecular complexity index is 638. The van der Waals surface area contributed by atoms with Crippen molar-refractivity contribution in [2.75, 3.05) is 25.6 Å². The van der Waals surface area contributed by atoms with Gasteiger partial charge in [0.2, 0.25) is 0 Å². The lowest BCUT2D eigenvalue weighted by atomic mass is 10.2. The molecule has 0 fully saturated rings. The molecule has 1 amide bonds. The molecular weight excluding hydrogens is 318 g/mol. The van der Waals surface area contributed by atoms with Crippen LogP contribution in [0.4, 0.5) is 5.69 Å². The Morgan fingerprint density at radius 1 is 0.880 bits per heavy atom. The largest absolute Gasteiger partial charge is 0.497 e. The van der Waals surface area contributed by atoms with Crippen molar-refractivity contribution in [1.82, 2.24) is 0 Å². The van der Waals surface area contributed by atoms with Gasteiger partial charge >= 0.3 is 0 Å². The molecule has 0 aliphatic heterocycles. The number of ether oxygens (including phenoxy) is 3. The van der Waals surface area contributed by atoms with Crippen LogP contribution in [0.2, 0.25) is 0 Å². The van der Waals surface area contributed by atoms with Crippen LogP contribution in [0.15, 0.2) is 48.5 Å². The van der Waals surface area contributed by atoms with Crippen molar-refractivity contribution in [2.45, 2.75) is 26.2 Å². The molecule has 0 spiro atoms. The van der Waals surface area contributed by atoms with Gasteiger partial charge < -0.3 is 19.5 Å². The molecule has 1 N–H and O–H groups in total. The third-order valence-corrected chi connectivity index (χ3v) is 3.58. The summed E-state index contributed by atoms with van der Waals surface area (Å²) in [5.41, 5.74) is 0.712. The topological polar surface area (TPSA) is 56.8 Å². The van der Waals surface area contributed by atoms with Crippen molar-refractivity contribution in [2.24, 2.45) is 0 Å². The molecule has 0 bridgehead atoms. The summed E-state index contributed by atoms with van der Waals surface area (Å²) in [4.78, 5) is 11.9. The maximum atomic E-state index is 11.9. The average molecular weight is 343 g/mol. The van der Waals surface area contributed by atoms with Gasteiger partial charge in [-0.3, -0.25) is 4.79 Å². The fraction of sp³-hybridized carbons (Fsp3) is 0.350. The predicted molar refractivity (Wildman–Crippen MR) is 98.6 cm³/mol. The quantitative estimate of drug-likeness (QED) is 0.654. The molecule has 0 radical (unpaired) electrons. The second kappa shape index (κ2) is 10.2. The highest BCUT2D eigenvalue weighted by Gasteiger charge is 2.04. The zero-order chi connectivity index (χ0) is 17.9. The minimum absolute atomic E-state index is 0.0540. The zero-order valence-corrected chi connectivity index (χ0v) is 14.8. The van der Waals surface area contributed by atoms with Crippen LogP contribution < -0.4 is 19.5 Å². The van der Waals surface area contributed by atoms with Gasteiger partial charge in [-0.1, -0.05) is 19.8 Å². The summed E-state index contributed by atoms with van der Waals surface area (Å²) < 4.78 is 16.2. The van der Waals surface area contributed by atoms with Crippen LogP contribution in [-0.4, -0.2) is 26.2 Å². The molecule has 0 unspecified atom stereocenters. The third kappa shape index (κ3) is 6.75. The van der Waals surface area contributed by atoms with Crippen molar-refractivity contribution in [3.05, 3.63) is 48.5 Å². The Hall–Kier alpha value is -2.69. The van der Waals surface area contributed by atoms with Crippen LogP contribution >= 0.6 is 0 Å². The molecular formula is C20H25NO4. The molecule has 2 aromatic carbocycles. The minimum Gasteiger partial charge on any atom is -0.497 e. The van der Waals surface area contributed by atoms with Crippen molar-refractivity contribution in [1.29, 1.82) is 0 Å². The average Bonchev–Trinajstić information content (AvgIpc) is 2.65. The third-order valence-electron chi connectivity index (χ3n) is 3.58. The van der Waals surface area contributed by atoms with E-state index < -0.39 is 0 Å². The second-order valence-corrected chi connectivity index (χ2v) is 5.59. The number of rotatable bonds is 10. The highest BCUT2D eigenvalue weighted by Crippen LogP contribution is 2.18. The first-order valence-electron chi connectivity index (χ1n) is 8.51. The van der Waals surface area contributed by atoms with Gasteiger partial charge in [0.15, 0.2) is 6.61 Å². The van der Waals surface area contributed by atoms with Gasteiger partial charge in [-0.15, -0.1) is 0 Å². The van der Waals surface area contributed by atoms with E-state index in [1.54, 1.807) is 31.4 Å². The summed E-state index contributed by atoms with van der Waals surface area (Å²) in [5.74, 6) is 1.96. The Morgan fingerprint density at radius 3 is 2.12 bits per heavy atom. The molecule has 5 heteroatoms. The lowest BCUT2D eigenvalue weighted by molar-refractivity contribution is -0.118. The molecule has 0 aliphatic rings. The van der Waals surface area contributed by atoms with E-state index in [1.807, 2.05) is 24.3 Å². The van der Waals surface area contributed by atoms with Crippen LogP contribution in [0.1, 0.15) is 26.2 Å². The number of nitrogens with one attached hydrogen (secondary N) is 1. The summed E-state index contributed by atoms with van der Waals surface area (Å²) in [6.07, 6.45) is 3.40. The first kappa shape index (κ1) is 18.6. The van der Waals surface area contributed by atoms with Crippen LogP contribution in [-0.2, 0) is 4.79 Å². The Morgan fingerprint density at radius 2 is 1.48 bits per heavy atom. The zero-order valence-electron chi connectivity index (χ0n) is 14.8. The van der Waals surface area contributed by atoms with E-state index in [9.17, 15) is 4.79 Å². The number of anilines is 1. The summed E-state index contributed by atoms with van der Waals surface area (Å²) in [7, 11) is 1.60. The molecule has 25 heavy (non-hydrogen) atoms. The summed E-state index contributed by atoms with van der Waals surface area (Å²) in [6, 6.07) is 14.4. The van der Waals surface area contributed by atoms with Crippen LogP contribution in [0.25, 0.3) is 0 Å². The minimum atomic E-state index is -0.215. The van der Waals surface area contributed by atoms with Crippen LogP contribution in [0.5, 0.6) is 17.2 Å². The van der Waals surface area contributed by atoms with E-state index in [4.69, 9.17) is 14.2 Å². The van der Waals surface area contributed by atoms with Gasteiger partial charge in [-0.2, -0.15) is 0 Å². The molecule has 0 saturated heterocycles. The molecule has 0 saturated carbocycles. The number of hydrogen-bond acceptors (Lipinski definition) is 4. The Labute approximate surface area is 148 Å². The molecule has 2 rings (SSSR count). The number of carbonyl (C=O) groups is 1. The Kier molecular flexibility index (Phi) is 7.63. The number of benzene rings is 2. The first-order valence-corrected chi connectivity index (χ1v) is 8.51. The standard InChI is InChI=1S/C20H25NO4/c1-3-4-5-14-24-18-8-6-16(7-9-18)21-20(22)15-25-19-12-10-17(23-2)11-13-19/h6-13H,3-5,14-15H2,1-2H3,(H,21,22). The number of unbranched alkanes of at least 4 members (excludes halogenated alkanes) is 2. The molecule has 0 aromatic heterocycles. The highest BCUT2D eigenvalue weighted by atomic mass is 16.5. The lowest BCUT2D eigenvalue weighted by Gasteiger charge is -2.09. The fourth-order valence-electron chi connectivity index (χ4n) is 2.19. The van der Waals surface area contributed by atoms with E-state index in [0.717, 1.165) is 24.5 Å². The Balaban J connectivity index is 1.74. The number of carbonyl (C=O) groups excluding carboxylic acids is 1. The van der Waals surface area contributed by atoms with Crippen molar-refractivity contribution >= 4 is 11.6 Å². The molecule has 0 aliphatic carbocycles.